The van der Waals surface area contributed by atoms with Gasteiger partial charge in [0.2, 0.25) is 0 Å². The van der Waals surface area contributed by atoms with Gasteiger partial charge in [-0.1, -0.05) is 0 Å². The Labute approximate surface area is 91.8 Å². The van der Waals surface area contributed by atoms with Crippen molar-refractivity contribution in [2.45, 2.75) is 43.4 Å². The molecule has 0 aromatic heterocycles. The van der Waals surface area contributed by atoms with Crippen LogP contribution in [0.5, 0.6) is 0 Å². The molecule has 2 rings (SSSR count). The molecule has 0 spiro atoms. The first kappa shape index (κ1) is 11.7. The van der Waals surface area contributed by atoms with E-state index in [2.05, 4.69) is 0 Å². The van der Waals surface area contributed by atoms with Crippen molar-refractivity contribution in [3.05, 3.63) is 0 Å². The maximum atomic E-state index is 9.72. The van der Waals surface area contributed by atoms with E-state index >= 15 is 0 Å². The van der Waals surface area contributed by atoms with E-state index in [-0.39, 0.29) is 0 Å². The molecule has 0 aromatic rings. The molecule has 0 aliphatic carbocycles. The molecule has 6 atom stereocenters. The lowest BCUT2D eigenvalue weighted by Crippen LogP contribution is -2.57. The summed E-state index contributed by atoms with van der Waals surface area (Å²) in [5, 5.41) is 37.0. The fourth-order valence-corrected chi connectivity index (χ4v) is 1.84. The van der Waals surface area contributed by atoms with Gasteiger partial charge < -0.3 is 29.5 Å². The molecule has 2 saturated heterocycles. The first-order valence-corrected chi connectivity index (χ1v) is 4.90. The molecule has 16 heavy (non-hydrogen) atoms. The molecule has 7 heteroatoms. The maximum Gasteiger partial charge on any atom is 0.259 e. The first-order valence-electron chi connectivity index (χ1n) is 4.90. The molecule has 2 fully saturated rings. The summed E-state index contributed by atoms with van der Waals surface area (Å²) in [7, 11) is 0. The van der Waals surface area contributed by atoms with Gasteiger partial charge in [0.15, 0.2) is 6.29 Å². The molecule has 2 aliphatic rings. The Kier molecular flexibility index (Phi) is 2.88. The average molecular weight is 231 g/mol. The van der Waals surface area contributed by atoms with E-state index in [0.717, 1.165) is 0 Å². The Morgan fingerprint density at radius 2 is 2.00 bits per heavy atom. The highest BCUT2D eigenvalue weighted by atomic mass is 16.8. The van der Waals surface area contributed by atoms with E-state index in [4.69, 9.17) is 24.6 Å². The number of fused-ring (bicyclic) bond motifs is 1. The molecule has 3 N–H and O–H groups in total. The van der Waals surface area contributed by atoms with E-state index in [9.17, 15) is 10.2 Å². The molecule has 0 amide bonds. The largest absolute Gasteiger partial charge is 0.394 e. The van der Waals surface area contributed by atoms with Gasteiger partial charge >= 0.3 is 0 Å². The number of hydrogen-bond acceptors (Lipinski definition) is 7. The second-order valence-corrected chi connectivity index (χ2v) is 3.96. The minimum Gasteiger partial charge on any atom is -0.394 e. The minimum absolute atomic E-state index is 0.450. The van der Waals surface area contributed by atoms with E-state index in [1.54, 1.807) is 6.07 Å². The van der Waals surface area contributed by atoms with Crippen LogP contribution in [0.15, 0.2) is 0 Å². The number of hydrogen-bond donors (Lipinski definition) is 3. The highest BCUT2D eigenvalue weighted by Crippen LogP contribution is 2.35. The normalized spacial score (nSPS) is 52.1. The monoisotopic (exact) mass is 231 g/mol. The minimum atomic E-state index is -1.50. The zero-order valence-electron chi connectivity index (χ0n) is 8.61. The summed E-state index contributed by atoms with van der Waals surface area (Å²) in [4.78, 5) is 0. The van der Waals surface area contributed by atoms with Crippen molar-refractivity contribution in [1.82, 2.24) is 0 Å². The predicted molar refractivity (Wildman–Crippen MR) is 47.7 cm³/mol. The zero-order valence-corrected chi connectivity index (χ0v) is 8.61. The van der Waals surface area contributed by atoms with Gasteiger partial charge in [-0.25, -0.2) is 0 Å². The lowest BCUT2D eigenvalue weighted by molar-refractivity contribution is -0.254. The molecule has 2 aliphatic heterocycles. The highest BCUT2D eigenvalue weighted by Gasteiger charge is 2.55. The van der Waals surface area contributed by atoms with Crippen molar-refractivity contribution in [3.63, 3.8) is 0 Å². The van der Waals surface area contributed by atoms with Gasteiger partial charge in [-0.3, -0.25) is 0 Å². The van der Waals surface area contributed by atoms with Crippen LogP contribution in [0.4, 0.5) is 0 Å². The zero-order chi connectivity index (χ0) is 11.9. The van der Waals surface area contributed by atoms with Crippen molar-refractivity contribution in [1.29, 1.82) is 5.26 Å². The summed E-state index contributed by atoms with van der Waals surface area (Å²) in [6.07, 6.45) is -5.36. The van der Waals surface area contributed by atoms with Crippen LogP contribution in [0.1, 0.15) is 6.92 Å². The van der Waals surface area contributed by atoms with Crippen LogP contribution in [-0.4, -0.2) is 58.4 Å². The van der Waals surface area contributed by atoms with Gasteiger partial charge in [0, 0.05) is 6.92 Å². The molecular formula is C9H13NO6. The van der Waals surface area contributed by atoms with Gasteiger partial charge in [0.1, 0.15) is 30.5 Å². The number of ether oxygens (including phenoxy) is 3. The van der Waals surface area contributed by atoms with E-state index in [0.29, 0.717) is 0 Å². The molecule has 90 valence electrons. The van der Waals surface area contributed by atoms with Crippen LogP contribution in [0.25, 0.3) is 0 Å². The van der Waals surface area contributed by atoms with Crippen molar-refractivity contribution in [2.75, 3.05) is 6.61 Å². The van der Waals surface area contributed by atoms with Crippen LogP contribution >= 0.6 is 0 Å². The standard InChI is InChI=1S/C9H13NO6/c1-9(3-10)15-7-6(13)5(12)4(2-11)14-8(7)16-9/h4-8,11-13H,2H2,1H3/t4-,5+,6+,7-,8-,9?/m1/s1. The third-order valence-electron chi connectivity index (χ3n) is 2.73. The van der Waals surface area contributed by atoms with Gasteiger partial charge in [-0.15, -0.1) is 0 Å². The first-order chi connectivity index (χ1) is 7.50. The summed E-state index contributed by atoms with van der Waals surface area (Å²) in [5.41, 5.74) is 0. The summed E-state index contributed by atoms with van der Waals surface area (Å²) in [6.45, 7) is 0.940. The SMILES string of the molecule is CC1(C#N)O[C@H]2O[C@H](CO)[C@H](O)[C@H](O)[C@H]2O1. The van der Waals surface area contributed by atoms with Crippen LogP contribution in [0.3, 0.4) is 0 Å². The van der Waals surface area contributed by atoms with Gasteiger partial charge in [0.05, 0.1) is 6.61 Å². The third kappa shape index (κ3) is 1.69. The molecule has 0 radical (unpaired) electrons. The molecular weight excluding hydrogens is 218 g/mol. The van der Waals surface area contributed by atoms with Crippen molar-refractivity contribution in [3.8, 4) is 6.07 Å². The second-order valence-electron chi connectivity index (χ2n) is 3.96. The topological polar surface area (TPSA) is 112 Å². The summed E-state index contributed by atoms with van der Waals surface area (Å²) in [6, 6.07) is 1.79. The van der Waals surface area contributed by atoms with Crippen molar-refractivity contribution in [2.24, 2.45) is 0 Å². The third-order valence-corrected chi connectivity index (χ3v) is 2.73. The predicted octanol–water partition coefficient (Wildman–Crippen LogP) is -1.92. The Morgan fingerprint density at radius 3 is 2.56 bits per heavy atom. The number of aliphatic hydroxyl groups is 3. The molecule has 7 nitrogen and oxygen atoms in total. The lowest BCUT2D eigenvalue weighted by Gasteiger charge is -2.36. The van der Waals surface area contributed by atoms with Gasteiger partial charge in [-0.05, 0) is 0 Å². The molecule has 0 aromatic carbocycles. The fourth-order valence-electron chi connectivity index (χ4n) is 1.84. The average Bonchev–Trinajstić information content (AvgIpc) is 2.62. The number of rotatable bonds is 1. The number of nitriles is 1. The van der Waals surface area contributed by atoms with Crippen LogP contribution < -0.4 is 0 Å². The van der Waals surface area contributed by atoms with Gasteiger partial charge in [-0.2, -0.15) is 5.26 Å². The van der Waals surface area contributed by atoms with Crippen molar-refractivity contribution < 1.29 is 29.5 Å². The Morgan fingerprint density at radius 1 is 1.31 bits per heavy atom. The van der Waals surface area contributed by atoms with E-state index < -0.39 is 43.1 Å². The second kappa shape index (κ2) is 3.92. The number of aliphatic hydroxyl groups excluding tert-OH is 3. The molecule has 0 bridgehead atoms. The number of nitrogens with zero attached hydrogens (tertiary/aromatic N) is 1. The maximum absolute atomic E-state index is 9.72. The quantitative estimate of drug-likeness (QED) is 0.482. The lowest BCUT2D eigenvalue weighted by atomic mass is 9.99. The Bertz CT molecular complexity index is 318. The highest BCUT2D eigenvalue weighted by molar-refractivity contribution is 5.01. The van der Waals surface area contributed by atoms with Gasteiger partial charge in [0.25, 0.3) is 5.79 Å². The summed E-state index contributed by atoms with van der Waals surface area (Å²) < 4.78 is 15.5. The molecule has 2 heterocycles. The smallest absolute Gasteiger partial charge is 0.259 e. The van der Waals surface area contributed by atoms with E-state index in [1.165, 1.54) is 6.92 Å². The molecule has 1 unspecified atom stereocenters. The fraction of sp³-hybridized carbons (Fsp3) is 0.889. The Hall–Kier alpha value is -0.750. The Balaban J connectivity index is 2.17. The molecule has 0 saturated carbocycles. The van der Waals surface area contributed by atoms with Crippen LogP contribution in [-0.2, 0) is 14.2 Å². The van der Waals surface area contributed by atoms with E-state index in [1.807, 2.05) is 0 Å². The van der Waals surface area contributed by atoms with Crippen molar-refractivity contribution >= 4 is 0 Å². The summed E-state index contributed by atoms with van der Waals surface area (Å²) >= 11 is 0. The summed E-state index contributed by atoms with van der Waals surface area (Å²) in [5.74, 6) is -1.50. The van der Waals surface area contributed by atoms with Crippen LogP contribution in [0.2, 0.25) is 0 Å². The van der Waals surface area contributed by atoms with Crippen LogP contribution in [0, 0.1) is 11.3 Å².